The molecule has 2 unspecified atom stereocenters. The minimum atomic E-state index is -0.302. The summed E-state index contributed by atoms with van der Waals surface area (Å²) in [6.45, 7) is 7.61. The predicted molar refractivity (Wildman–Crippen MR) is 119 cm³/mol. The van der Waals surface area contributed by atoms with Crippen LogP contribution < -0.4 is 0 Å². The Hall–Kier alpha value is -1.06. The number of esters is 2. The van der Waals surface area contributed by atoms with Crippen LogP contribution in [0, 0.1) is 17.8 Å². The second-order valence-corrected chi connectivity index (χ2v) is 9.20. The smallest absolute Gasteiger partial charge is 0.309 e. The first-order chi connectivity index (χ1) is 14.1. The fourth-order valence-corrected chi connectivity index (χ4v) is 4.11. The van der Waals surface area contributed by atoms with E-state index in [-0.39, 0.29) is 23.8 Å². The van der Waals surface area contributed by atoms with Crippen LogP contribution in [0.1, 0.15) is 117 Å². The van der Waals surface area contributed by atoms with E-state index >= 15 is 0 Å². The largest absolute Gasteiger partial charge is 0.465 e. The summed E-state index contributed by atoms with van der Waals surface area (Å²) in [5.41, 5.74) is 0. The molecule has 0 radical (unpaired) electrons. The molecular weight excluding hydrogens is 364 g/mol. The quantitative estimate of drug-likeness (QED) is 0.206. The molecule has 0 bridgehead atoms. The van der Waals surface area contributed by atoms with Crippen LogP contribution in [0.15, 0.2) is 0 Å². The number of carbonyl (C=O) groups is 2. The van der Waals surface area contributed by atoms with Crippen molar-refractivity contribution in [2.75, 3.05) is 13.2 Å². The van der Waals surface area contributed by atoms with E-state index in [1.54, 1.807) is 0 Å². The molecule has 0 amide bonds. The molecule has 1 aliphatic rings. The summed E-state index contributed by atoms with van der Waals surface area (Å²) >= 11 is 0. The molecule has 0 aromatic carbocycles. The lowest BCUT2D eigenvalue weighted by Crippen LogP contribution is -2.35. The summed E-state index contributed by atoms with van der Waals surface area (Å²) in [6, 6.07) is 0. The predicted octanol–water partition coefficient (Wildman–Crippen LogP) is 6.85. The third-order valence-corrected chi connectivity index (χ3v) is 6.03. The molecule has 4 heteroatoms. The second kappa shape index (κ2) is 16.7. The summed E-state index contributed by atoms with van der Waals surface area (Å²) in [4.78, 5) is 24.8. The summed E-state index contributed by atoms with van der Waals surface area (Å²) in [5, 5.41) is 0. The standard InChI is InChI=1S/C25H46O4/c1-4-5-19-28-24(26)22-17-13-14-18-23(22)25(27)29-20-15-11-9-7-6-8-10-12-16-21(2)3/h21-23H,4-20H2,1-3H3. The maximum absolute atomic E-state index is 12.5. The number of ether oxygens (including phenoxy) is 2. The van der Waals surface area contributed by atoms with Crippen LogP contribution in [-0.4, -0.2) is 25.2 Å². The highest BCUT2D eigenvalue weighted by Crippen LogP contribution is 2.32. The van der Waals surface area contributed by atoms with Crippen molar-refractivity contribution in [2.45, 2.75) is 117 Å². The van der Waals surface area contributed by atoms with Crippen LogP contribution in [0.4, 0.5) is 0 Å². The summed E-state index contributed by atoms with van der Waals surface area (Å²) in [6.07, 6.45) is 16.7. The average molecular weight is 411 g/mol. The number of hydrogen-bond donors (Lipinski definition) is 0. The molecule has 0 aromatic heterocycles. The highest BCUT2D eigenvalue weighted by Gasteiger charge is 2.37. The normalized spacial score (nSPS) is 19.3. The highest BCUT2D eigenvalue weighted by atomic mass is 16.5. The highest BCUT2D eigenvalue weighted by molar-refractivity contribution is 5.82. The van der Waals surface area contributed by atoms with E-state index in [0.717, 1.165) is 57.3 Å². The topological polar surface area (TPSA) is 52.6 Å². The minimum Gasteiger partial charge on any atom is -0.465 e. The van der Waals surface area contributed by atoms with Crippen molar-refractivity contribution in [3.05, 3.63) is 0 Å². The van der Waals surface area contributed by atoms with Gasteiger partial charge in [-0.2, -0.15) is 0 Å². The fourth-order valence-electron chi connectivity index (χ4n) is 4.11. The van der Waals surface area contributed by atoms with E-state index in [1.165, 1.54) is 44.9 Å². The second-order valence-electron chi connectivity index (χ2n) is 9.20. The van der Waals surface area contributed by atoms with Gasteiger partial charge in [0.15, 0.2) is 0 Å². The minimum absolute atomic E-state index is 0.188. The van der Waals surface area contributed by atoms with Gasteiger partial charge >= 0.3 is 11.9 Å². The zero-order chi connectivity index (χ0) is 21.3. The number of hydrogen-bond acceptors (Lipinski definition) is 4. The Labute approximate surface area is 179 Å². The zero-order valence-electron chi connectivity index (χ0n) is 19.4. The van der Waals surface area contributed by atoms with Crippen LogP contribution in [-0.2, 0) is 19.1 Å². The molecule has 1 fully saturated rings. The van der Waals surface area contributed by atoms with Gasteiger partial charge in [-0.15, -0.1) is 0 Å². The van der Waals surface area contributed by atoms with Crippen molar-refractivity contribution in [1.82, 2.24) is 0 Å². The molecule has 0 N–H and O–H groups in total. The monoisotopic (exact) mass is 410 g/mol. The summed E-state index contributed by atoms with van der Waals surface area (Å²) in [5.74, 6) is -0.165. The number of rotatable bonds is 16. The molecule has 0 aliphatic heterocycles. The van der Waals surface area contributed by atoms with Crippen molar-refractivity contribution in [2.24, 2.45) is 17.8 Å². The van der Waals surface area contributed by atoms with Gasteiger partial charge in [-0.05, 0) is 31.6 Å². The van der Waals surface area contributed by atoms with Gasteiger partial charge in [-0.25, -0.2) is 0 Å². The first-order valence-corrected chi connectivity index (χ1v) is 12.4. The fraction of sp³-hybridized carbons (Fsp3) is 0.920. The molecule has 0 spiro atoms. The summed E-state index contributed by atoms with van der Waals surface area (Å²) < 4.78 is 10.9. The van der Waals surface area contributed by atoms with Gasteiger partial charge in [-0.3, -0.25) is 9.59 Å². The Morgan fingerprint density at radius 2 is 1.17 bits per heavy atom. The summed E-state index contributed by atoms with van der Waals surface area (Å²) in [7, 11) is 0. The van der Waals surface area contributed by atoms with Gasteiger partial charge in [0.25, 0.3) is 0 Å². The third kappa shape index (κ3) is 12.3. The van der Waals surface area contributed by atoms with Crippen molar-refractivity contribution < 1.29 is 19.1 Å². The lowest BCUT2D eigenvalue weighted by molar-refractivity contribution is -0.163. The van der Waals surface area contributed by atoms with E-state index in [9.17, 15) is 9.59 Å². The molecule has 0 saturated heterocycles. The zero-order valence-corrected chi connectivity index (χ0v) is 19.4. The average Bonchev–Trinajstić information content (AvgIpc) is 2.71. The van der Waals surface area contributed by atoms with E-state index in [1.807, 2.05) is 0 Å². The Kier molecular flexibility index (Phi) is 15.0. The Morgan fingerprint density at radius 3 is 1.66 bits per heavy atom. The van der Waals surface area contributed by atoms with Crippen LogP contribution in [0.5, 0.6) is 0 Å². The van der Waals surface area contributed by atoms with E-state index in [2.05, 4.69) is 20.8 Å². The van der Waals surface area contributed by atoms with Crippen molar-refractivity contribution in [1.29, 1.82) is 0 Å². The van der Waals surface area contributed by atoms with Gasteiger partial charge in [0, 0.05) is 0 Å². The SMILES string of the molecule is CCCCOC(=O)C1CCCCC1C(=O)OCCCCCCCCCCC(C)C. The first kappa shape index (κ1) is 26.0. The Bertz CT molecular complexity index is 433. The molecule has 1 rings (SSSR count). The van der Waals surface area contributed by atoms with Gasteiger partial charge in [-0.1, -0.05) is 91.4 Å². The van der Waals surface area contributed by atoms with Gasteiger partial charge < -0.3 is 9.47 Å². The van der Waals surface area contributed by atoms with E-state index < -0.39 is 0 Å². The molecule has 29 heavy (non-hydrogen) atoms. The van der Waals surface area contributed by atoms with Crippen molar-refractivity contribution >= 4 is 11.9 Å². The number of carbonyl (C=O) groups excluding carboxylic acids is 2. The van der Waals surface area contributed by atoms with Crippen LogP contribution in [0.3, 0.4) is 0 Å². The van der Waals surface area contributed by atoms with Crippen LogP contribution in [0.25, 0.3) is 0 Å². The molecule has 2 atom stereocenters. The lowest BCUT2D eigenvalue weighted by atomic mass is 9.79. The molecule has 0 aromatic rings. The van der Waals surface area contributed by atoms with Crippen LogP contribution >= 0.6 is 0 Å². The van der Waals surface area contributed by atoms with E-state index in [4.69, 9.17) is 9.47 Å². The van der Waals surface area contributed by atoms with Gasteiger partial charge in [0.2, 0.25) is 0 Å². The molecular formula is C25H46O4. The van der Waals surface area contributed by atoms with Crippen molar-refractivity contribution in [3.8, 4) is 0 Å². The van der Waals surface area contributed by atoms with E-state index in [0.29, 0.717) is 13.2 Å². The van der Waals surface area contributed by atoms with Crippen molar-refractivity contribution in [3.63, 3.8) is 0 Å². The molecule has 1 aliphatic carbocycles. The lowest BCUT2D eigenvalue weighted by Gasteiger charge is -2.28. The van der Waals surface area contributed by atoms with Gasteiger partial charge in [0.05, 0.1) is 25.0 Å². The molecule has 0 heterocycles. The van der Waals surface area contributed by atoms with Crippen LogP contribution in [0.2, 0.25) is 0 Å². The Morgan fingerprint density at radius 1 is 0.724 bits per heavy atom. The Balaban J connectivity index is 2.10. The molecule has 1 saturated carbocycles. The first-order valence-electron chi connectivity index (χ1n) is 12.4. The maximum atomic E-state index is 12.5. The maximum Gasteiger partial charge on any atom is 0.309 e. The number of unbranched alkanes of at least 4 members (excludes halogenated alkanes) is 8. The molecule has 170 valence electrons. The third-order valence-electron chi connectivity index (χ3n) is 6.03. The molecule has 4 nitrogen and oxygen atoms in total. The van der Waals surface area contributed by atoms with Gasteiger partial charge in [0.1, 0.15) is 0 Å².